The van der Waals surface area contributed by atoms with Crippen LogP contribution in [0.5, 0.6) is 17.2 Å². The van der Waals surface area contributed by atoms with E-state index < -0.39 is 17.7 Å². The third-order valence-corrected chi connectivity index (χ3v) is 8.36. The molecule has 1 saturated heterocycles. The minimum absolute atomic E-state index is 0.0173. The summed E-state index contributed by atoms with van der Waals surface area (Å²) in [6.07, 6.45) is 0.713. The fourth-order valence-electron chi connectivity index (χ4n) is 5.55. The van der Waals surface area contributed by atoms with Gasteiger partial charge in [-0.3, -0.25) is 14.5 Å². The Morgan fingerprint density at radius 3 is 2.58 bits per heavy atom. The minimum Gasteiger partial charge on any atom is -0.507 e. The number of carbonyl (C=O) groups is 2. The van der Waals surface area contributed by atoms with Crippen molar-refractivity contribution in [2.75, 3.05) is 19.1 Å². The molecule has 9 heteroatoms. The molecule has 2 aliphatic rings. The largest absolute Gasteiger partial charge is 0.507 e. The van der Waals surface area contributed by atoms with E-state index in [0.717, 1.165) is 32.7 Å². The molecule has 8 nitrogen and oxygen atoms in total. The van der Waals surface area contributed by atoms with Crippen molar-refractivity contribution in [3.8, 4) is 17.2 Å². The van der Waals surface area contributed by atoms with Crippen molar-refractivity contribution in [3.63, 3.8) is 0 Å². The average Bonchev–Trinajstić information content (AvgIpc) is 3.60. The molecule has 0 aliphatic carbocycles. The second kappa shape index (κ2) is 9.67. The number of hydrogen-bond donors (Lipinski definition) is 1. The van der Waals surface area contributed by atoms with Crippen LogP contribution in [-0.2, 0) is 16.0 Å². The van der Waals surface area contributed by atoms with E-state index in [4.69, 9.17) is 19.2 Å². The summed E-state index contributed by atoms with van der Waals surface area (Å²) in [4.78, 5) is 33.5. The number of ketones is 1. The molecule has 1 aromatic heterocycles. The molecule has 0 saturated carbocycles. The second-order valence-corrected chi connectivity index (χ2v) is 11.2. The van der Waals surface area contributed by atoms with E-state index in [1.54, 1.807) is 30.3 Å². The lowest BCUT2D eigenvalue weighted by Gasteiger charge is -2.23. The minimum atomic E-state index is -0.940. The van der Waals surface area contributed by atoms with Gasteiger partial charge >= 0.3 is 5.91 Å². The molecule has 0 bridgehead atoms. The SMILES string of the molecule is COc1ccc([C@H]2/C(=C(\O)c3ccc4c(c3)C[C@H](C)O4)C(=O)C(=O)N2c2nc3c(C)cc(C)cc3s2)cc1OC. The van der Waals surface area contributed by atoms with Gasteiger partial charge in [0.2, 0.25) is 0 Å². The molecule has 2 aliphatic heterocycles. The van der Waals surface area contributed by atoms with Gasteiger partial charge in [0.1, 0.15) is 17.6 Å². The molecule has 0 spiro atoms. The van der Waals surface area contributed by atoms with E-state index in [1.807, 2.05) is 39.0 Å². The molecule has 40 heavy (non-hydrogen) atoms. The predicted molar refractivity (Wildman–Crippen MR) is 154 cm³/mol. The molecule has 1 N–H and O–H groups in total. The summed E-state index contributed by atoms with van der Waals surface area (Å²) in [6, 6.07) is 13.6. The number of nitrogens with zero attached hydrogens (tertiary/aromatic N) is 2. The Balaban J connectivity index is 1.57. The molecule has 3 aromatic carbocycles. The lowest BCUT2D eigenvalue weighted by molar-refractivity contribution is -0.132. The van der Waals surface area contributed by atoms with Crippen LogP contribution >= 0.6 is 11.3 Å². The Labute approximate surface area is 235 Å². The van der Waals surface area contributed by atoms with Crippen molar-refractivity contribution < 1.29 is 28.9 Å². The van der Waals surface area contributed by atoms with Crippen LogP contribution in [0.3, 0.4) is 0 Å². The van der Waals surface area contributed by atoms with Gasteiger partial charge in [0, 0.05) is 12.0 Å². The van der Waals surface area contributed by atoms with Gasteiger partial charge in [-0.05, 0) is 79.4 Å². The third kappa shape index (κ3) is 4.08. The first-order chi connectivity index (χ1) is 19.2. The maximum absolute atomic E-state index is 13.7. The molecule has 0 radical (unpaired) electrons. The van der Waals surface area contributed by atoms with Crippen LogP contribution in [-0.4, -0.2) is 42.1 Å². The maximum atomic E-state index is 13.7. The lowest BCUT2D eigenvalue weighted by atomic mass is 9.94. The predicted octanol–water partition coefficient (Wildman–Crippen LogP) is 5.88. The zero-order chi connectivity index (χ0) is 28.3. The molecule has 4 aromatic rings. The molecule has 2 atom stereocenters. The molecular weight excluding hydrogens is 528 g/mol. The molecule has 204 valence electrons. The number of hydrogen-bond acceptors (Lipinski definition) is 8. The number of aryl methyl sites for hydroxylation is 2. The fourth-order valence-corrected chi connectivity index (χ4v) is 6.72. The van der Waals surface area contributed by atoms with E-state index in [1.165, 1.54) is 30.5 Å². The van der Waals surface area contributed by atoms with Crippen LogP contribution in [0, 0.1) is 13.8 Å². The van der Waals surface area contributed by atoms with Gasteiger partial charge in [-0.2, -0.15) is 0 Å². The topological polar surface area (TPSA) is 98.2 Å². The Kier molecular flexibility index (Phi) is 6.26. The van der Waals surface area contributed by atoms with Crippen molar-refractivity contribution in [3.05, 3.63) is 81.9 Å². The number of aromatic nitrogens is 1. The van der Waals surface area contributed by atoms with Crippen LogP contribution in [0.1, 0.15) is 40.8 Å². The normalized spacial score (nSPS) is 19.7. The van der Waals surface area contributed by atoms with Gasteiger partial charge < -0.3 is 19.3 Å². The zero-order valence-electron chi connectivity index (χ0n) is 22.8. The highest BCUT2D eigenvalue weighted by Gasteiger charge is 2.48. The van der Waals surface area contributed by atoms with Crippen LogP contribution in [0.15, 0.2) is 54.1 Å². The number of ether oxygens (including phenoxy) is 3. The molecule has 0 unspecified atom stereocenters. The second-order valence-electron chi connectivity index (χ2n) is 10.2. The number of rotatable bonds is 5. The first kappa shape index (κ1) is 25.9. The standard InChI is InChI=1S/C31H28N2O6S/c1-15-10-16(2)26-24(11-15)40-31(32-26)33-27(18-6-9-22(37-4)23(14-18)38-5)25(29(35)30(33)36)28(34)19-7-8-21-20(13-19)12-17(3)39-21/h6-11,13-14,17,27,34H,12H2,1-5H3/b28-25+/t17-,27-/m0/s1. The number of fused-ring (bicyclic) bond motifs is 2. The van der Waals surface area contributed by atoms with Crippen molar-refractivity contribution in [1.82, 2.24) is 4.98 Å². The van der Waals surface area contributed by atoms with Gasteiger partial charge in [0.15, 0.2) is 16.6 Å². The van der Waals surface area contributed by atoms with E-state index in [2.05, 4.69) is 0 Å². The number of Topliss-reactive ketones (excluding diaryl/α,β-unsaturated/α-hetero) is 1. The third-order valence-electron chi connectivity index (χ3n) is 7.36. The molecule has 1 amide bonds. The van der Waals surface area contributed by atoms with Crippen molar-refractivity contribution in [2.45, 2.75) is 39.3 Å². The number of methoxy groups -OCH3 is 2. The number of benzene rings is 3. The number of aliphatic hydroxyl groups excluding tert-OH is 1. The summed E-state index contributed by atoms with van der Waals surface area (Å²) < 4.78 is 17.7. The Hall–Kier alpha value is -4.37. The first-order valence-corrected chi connectivity index (χ1v) is 13.7. The summed E-state index contributed by atoms with van der Waals surface area (Å²) in [5.41, 5.74) is 4.76. The quantitative estimate of drug-likeness (QED) is 0.186. The Morgan fingerprint density at radius 1 is 1.05 bits per heavy atom. The van der Waals surface area contributed by atoms with E-state index in [-0.39, 0.29) is 17.4 Å². The summed E-state index contributed by atoms with van der Waals surface area (Å²) in [6.45, 7) is 5.95. The number of aliphatic hydroxyl groups is 1. The fraction of sp³-hybridized carbons (Fsp3) is 0.258. The number of anilines is 1. The van der Waals surface area contributed by atoms with Gasteiger partial charge in [-0.15, -0.1) is 0 Å². The zero-order valence-corrected chi connectivity index (χ0v) is 23.6. The molecule has 6 rings (SSSR count). The van der Waals surface area contributed by atoms with Gasteiger partial charge in [-0.1, -0.05) is 23.5 Å². The van der Waals surface area contributed by atoms with Gasteiger partial charge in [-0.25, -0.2) is 4.98 Å². The number of thiazole rings is 1. The van der Waals surface area contributed by atoms with Gasteiger partial charge in [0.25, 0.3) is 5.78 Å². The van der Waals surface area contributed by atoms with Crippen LogP contribution in [0.25, 0.3) is 16.0 Å². The first-order valence-electron chi connectivity index (χ1n) is 12.9. The Bertz CT molecular complexity index is 1740. The van der Waals surface area contributed by atoms with Gasteiger partial charge in [0.05, 0.1) is 36.1 Å². The molecule has 1 fully saturated rings. The summed E-state index contributed by atoms with van der Waals surface area (Å²) in [7, 11) is 3.05. The van der Waals surface area contributed by atoms with Crippen molar-refractivity contribution in [2.24, 2.45) is 0 Å². The monoisotopic (exact) mass is 556 g/mol. The van der Waals surface area contributed by atoms with Crippen LogP contribution in [0.2, 0.25) is 0 Å². The Morgan fingerprint density at radius 2 is 1.82 bits per heavy atom. The summed E-state index contributed by atoms with van der Waals surface area (Å²) >= 11 is 1.34. The summed E-state index contributed by atoms with van der Waals surface area (Å²) in [5, 5.41) is 12.0. The maximum Gasteiger partial charge on any atom is 0.301 e. The van der Waals surface area contributed by atoms with E-state index in [0.29, 0.717) is 34.2 Å². The summed E-state index contributed by atoms with van der Waals surface area (Å²) in [5.74, 6) is -0.105. The smallest absolute Gasteiger partial charge is 0.301 e. The highest BCUT2D eigenvalue weighted by Crippen LogP contribution is 2.46. The van der Waals surface area contributed by atoms with E-state index >= 15 is 0 Å². The molecular formula is C31H28N2O6S. The van der Waals surface area contributed by atoms with Crippen molar-refractivity contribution >= 4 is 44.1 Å². The van der Waals surface area contributed by atoms with E-state index in [9.17, 15) is 14.7 Å². The van der Waals surface area contributed by atoms with Crippen LogP contribution < -0.4 is 19.1 Å². The number of carbonyl (C=O) groups excluding carboxylic acids is 2. The average molecular weight is 557 g/mol. The molecule has 3 heterocycles. The highest BCUT2D eigenvalue weighted by molar-refractivity contribution is 7.22. The van der Waals surface area contributed by atoms with Crippen LogP contribution in [0.4, 0.5) is 5.13 Å². The highest BCUT2D eigenvalue weighted by atomic mass is 32.1. The number of amides is 1. The van der Waals surface area contributed by atoms with Crippen molar-refractivity contribution in [1.29, 1.82) is 0 Å². The lowest BCUT2D eigenvalue weighted by Crippen LogP contribution is -2.29.